The van der Waals surface area contributed by atoms with Gasteiger partial charge >= 0.3 is 11.8 Å². The average molecular weight is 388 g/mol. The molecule has 1 heterocycles. The zero-order valence-corrected chi connectivity index (χ0v) is 16.6. The molecule has 0 aromatic heterocycles. The van der Waals surface area contributed by atoms with Crippen LogP contribution in [-0.4, -0.2) is 43.7 Å². The van der Waals surface area contributed by atoms with Crippen LogP contribution in [0.4, 0.5) is 0 Å². The van der Waals surface area contributed by atoms with E-state index >= 15 is 0 Å². The Labute approximate surface area is 163 Å². The molecule has 0 saturated carbocycles. The summed E-state index contributed by atoms with van der Waals surface area (Å²) in [6.07, 6.45) is 1.43. The van der Waals surface area contributed by atoms with Crippen LogP contribution >= 0.6 is 0 Å². The van der Waals surface area contributed by atoms with E-state index in [1.165, 1.54) is 27.3 Å². The standard InChI is InChI=1S/C19H24N4O5/c1-12(2)28-15-10-16(23(20)19(15)25-4)27-11-13-8-6-7-9-14(13)17(22-26-5)18(24)21-3/h6-10,12H,11H2,1-5H3,(H,21,24)/b22-17-. The predicted octanol–water partition coefficient (Wildman–Crippen LogP) is 2.43. The Balaban J connectivity index is 2.24. The number of hydrogen-bond donors (Lipinski definition) is 1. The van der Waals surface area contributed by atoms with E-state index in [1.54, 1.807) is 18.2 Å². The summed E-state index contributed by atoms with van der Waals surface area (Å²) in [5.74, 6) is 0.223. The number of oxime groups is 1. The van der Waals surface area contributed by atoms with Crippen molar-refractivity contribution in [2.24, 2.45) is 5.16 Å². The molecule has 0 saturated heterocycles. The number of rotatable bonds is 9. The quantitative estimate of drug-likeness (QED) is 0.397. The van der Waals surface area contributed by atoms with Gasteiger partial charge < -0.3 is 29.9 Å². The number of hydrogen-bond acceptors (Lipinski definition) is 6. The molecule has 0 radical (unpaired) electrons. The summed E-state index contributed by atoms with van der Waals surface area (Å²) in [5.41, 5.74) is 11.6. The normalized spacial score (nSPS) is 14.1. The van der Waals surface area contributed by atoms with E-state index in [4.69, 9.17) is 19.0 Å². The first-order valence-electron chi connectivity index (χ1n) is 8.62. The Morgan fingerprint density at radius 1 is 1.29 bits per heavy atom. The molecule has 0 fully saturated rings. The van der Waals surface area contributed by atoms with Crippen molar-refractivity contribution in [1.29, 1.82) is 0 Å². The molecule has 1 amide bonds. The van der Waals surface area contributed by atoms with Gasteiger partial charge in [0.25, 0.3) is 5.91 Å². The lowest BCUT2D eigenvalue weighted by molar-refractivity contribution is -0.509. The van der Waals surface area contributed by atoms with E-state index in [-0.39, 0.29) is 30.2 Å². The highest BCUT2D eigenvalue weighted by Gasteiger charge is 2.32. The maximum atomic E-state index is 12.1. The third-order valence-corrected chi connectivity index (χ3v) is 3.70. The largest absolute Gasteiger partial charge is 0.488 e. The number of nitrogens with zero attached hydrogens (tertiary/aromatic N) is 3. The second-order valence-electron chi connectivity index (χ2n) is 5.98. The Morgan fingerprint density at radius 2 is 2.00 bits per heavy atom. The lowest BCUT2D eigenvalue weighted by Crippen LogP contribution is -2.29. The topological polar surface area (TPSA) is 104 Å². The van der Waals surface area contributed by atoms with Crippen molar-refractivity contribution < 1.29 is 28.5 Å². The van der Waals surface area contributed by atoms with Crippen molar-refractivity contribution >= 4 is 11.6 Å². The van der Waals surface area contributed by atoms with E-state index in [2.05, 4.69) is 10.5 Å². The molecule has 1 aliphatic heterocycles. The van der Waals surface area contributed by atoms with E-state index in [1.807, 2.05) is 19.9 Å². The first-order chi connectivity index (χ1) is 13.4. The fraction of sp³-hybridized carbons (Fsp3) is 0.368. The minimum atomic E-state index is -0.394. The number of likely N-dealkylation sites (N-methyl/N-ethyl adjacent to an activating group) is 1. The molecule has 2 rings (SSSR count). The van der Waals surface area contributed by atoms with Crippen LogP contribution in [0.25, 0.3) is 5.53 Å². The van der Waals surface area contributed by atoms with Crippen LogP contribution in [0.2, 0.25) is 0 Å². The third kappa shape index (κ3) is 4.67. The molecule has 0 unspecified atom stereocenters. The van der Waals surface area contributed by atoms with Gasteiger partial charge in [-0.05, 0) is 19.4 Å². The van der Waals surface area contributed by atoms with E-state index in [9.17, 15) is 10.3 Å². The number of carbonyl (C=O) groups excluding carboxylic acids is 1. The molecule has 28 heavy (non-hydrogen) atoms. The van der Waals surface area contributed by atoms with Gasteiger partial charge in [0.15, 0.2) is 5.71 Å². The van der Waals surface area contributed by atoms with Gasteiger partial charge in [-0.3, -0.25) is 4.79 Å². The van der Waals surface area contributed by atoms with Crippen molar-refractivity contribution in [3.05, 3.63) is 64.5 Å². The van der Waals surface area contributed by atoms with Crippen molar-refractivity contribution in [3.8, 4) is 0 Å². The van der Waals surface area contributed by atoms with Crippen molar-refractivity contribution in [2.45, 2.75) is 26.6 Å². The molecule has 0 atom stereocenters. The minimum Gasteiger partial charge on any atom is -0.488 e. The fourth-order valence-electron chi connectivity index (χ4n) is 2.52. The van der Waals surface area contributed by atoms with Crippen LogP contribution in [-0.2, 0) is 30.4 Å². The highest BCUT2D eigenvalue weighted by Crippen LogP contribution is 2.26. The molecule has 1 aromatic rings. The summed E-state index contributed by atoms with van der Waals surface area (Å²) in [5, 5.41) is 6.34. The van der Waals surface area contributed by atoms with Crippen molar-refractivity contribution in [2.75, 3.05) is 21.3 Å². The first kappa shape index (κ1) is 20.9. The number of carbonyl (C=O) groups is 1. The van der Waals surface area contributed by atoms with Crippen LogP contribution in [0, 0.1) is 0 Å². The van der Waals surface area contributed by atoms with Crippen LogP contribution in [0.5, 0.6) is 0 Å². The summed E-state index contributed by atoms with van der Waals surface area (Å²) in [7, 11) is 4.29. The third-order valence-electron chi connectivity index (χ3n) is 3.70. The van der Waals surface area contributed by atoms with Gasteiger partial charge in [0.1, 0.15) is 19.8 Å². The molecule has 1 N–H and O–H groups in total. The summed E-state index contributed by atoms with van der Waals surface area (Å²) in [4.78, 5) is 16.9. The maximum absolute atomic E-state index is 12.1. The van der Waals surface area contributed by atoms with E-state index in [0.717, 1.165) is 4.70 Å². The van der Waals surface area contributed by atoms with E-state index in [0.29, 0.717) is 16.9 Å². The maximum Gasteiger partial charge on any atom is 0.408 e. The highest BCUT2D eigenvalue weighted by molar-refractivity contribution is 6.45. The molecule has 9 heteroatoms. The van der Waals surface area contributed by atoms with Crippen molar-refractivity contribution in [3.63, 3.8) is 0 Å². The van der Waals surface area contributed by atoms with Crippen LogP contribution in [0.3, 0.4) is 0 Å². The SMILES string of the molecule is CNC(=O)/C(=N\OC)c1ccccc1COC1=CC(OC(C)C)=C(OC)[N+]1=[N-]. The molecule has 9 nitrogen and oxygen atoms in total. The van der Waals surface area contributed by atoms with Gasteiger partial charge in [0.2, 0.25) is 5.76 Å². The Kier molecular flexibility index (Phi) is 7.14. The zero-order chi connectivity index (χ0) is 20.7. The Hall–Kier alpha value is -3.36. The molecule has 0 spiro atoms. The smallest absolute Gasteiger partial charge is 0.408 e. The van der Waals surface area contributed by atoms with Gasteiger partial charge in [-0.25, -0.2) is 0 Å². The second-order valence-corrected chi connectivity index (χ2v) is 5.98. The van der Waals surface area contributed by atoms with Gasteiger partial charge in [0.05, 0.1) is 13.2 Å². The number of allylic oxidation sites excluding steroid dienone is 1. The van der Waals surface area contributed by atoms with E-state index < -0.39 is 5.91 Å². The summed E-state index contributed by atoms with van der Waals surface area (Å²) >= 11 is 0. The van der Waals surface area contributed by atoms with Gasteiger partial charge in [-0.15, -0.1) is 0 Å². The van der Waals surface area contributed by atoms with Gasteiger partial charge in [-0.1, -0.05) is 29.4 Å². The first-order valence-corrected chi connectivity index (χ1v) is 8.62. The van der Waals surface area contributed by atoms with Crippen LogP contribution < -0.4 is 5.32 Å². The highest BCUT2D eigenvalue weighted by atomic mass is 16.6. The lowest BCUT2D eigenvalue weighted by Gasteiger charge is -2.12. The molecule has 0 bridgehead atoms. The second kappa shape index (κ2) is 9.54. The zero-order valence-electron chi connectivity index (χ0n) is 16.6. The lowest BCUT2D eigenvalue weighted by atomic mass is 10.0. The van der Waals surface area contributed by atoms with Gasteiger partial charge in [-0.2, -0.15) is 4.70 Å². The fourth-order valence-corrected chi connectivity index (χ4v) is 2.52. The van der Waals surface area contributed by atoms with Crippen LogP contribution in [0.15, 0.2) is 53.0 Å². The summed E-state index contributed by atoms with van der Waals surface area (Å²) < 4.78 is 17.3. The molecular formula is C19H24N4O5. The molecule has 0 aliphatic carbocycles. The minimum absolute atomic E-state index is 0.0603. The number of benzene rings is 1. The predicted molar refractivity (Wildman–Crippen MR) is 101 cm³/mol. The summed E-state index contributed by atoms with van der Waals surface area (Å²) in [6, 6.07) is 7.11. The monoisotopic (exact) mass is 388 g/mol. The molecule has 150 valence electrons. The molecule has 1 aliphatic rings. The average Bonchev–Trinajstić information content (AvgIpc) is 2.97. The number of methoxy groups -OCH3 is 1. The Morgan fingerprint density at radius 3 is 2.61 bits per heavy atom. The van der Waals surface area contributed by atoms with Crippen LogP contribution in [0.1, 0.15) is 25.0 Å². The Bertz CT molecular complexity index is 842. The van der Waals surface area contributed by atoms with Gasteiger partial charge in [0, 0.05) is 12.6 Å². The molecule has 1 aromatic carbocycles. The number of nitrogens with one attached hydrogen (secondary N) is 1. The number of amides is 1. The summed E-state index contributed by atoms with van der Waals surface area (Å²) in [6.45, 7) is 3.78. The number of ether oxygens (including phenoxy) is 3. The molecular weight excluding hydrogens is 364 g/mol. The van der Waals surface area contributed by atoms with Crippen molar-refractivity contribution in [1.82, 2.24) is 5.32 Å².